The Bertz CT molecular complexity index is 657. The number of nitrogen functional groups attached to an aromatic ring is 1. The third kappa shape index (κ3) is 3.52. The molecule has 0 radical (unpaired) electrons. The largest absolute Gasteiger partial charge is 0.398 e. The number of hydrogen-bond acceptors (Lipinski definition) is 5. The Morgan fingerprint density at radius 3 is 2.84 bits per heavy atom. The van der Waals surface area contributed by atoms with E-state index in [1.165, 1.54) is 12.4 Å². The number of sulfonamides is 1. The number of nitrogens with one attached hydrogen (secondary N) is 2. The Balaban J connectivity index is 2.05. The van der Waals surface area contributed by atoms with Crippen molar-refractivity contribution in [1.29, 1.82) is 0 Å². The first kappa shape index (κ1) is 14.0. The molecule has 4 N–H and O–H groups in total. The molecule has 1 aromatic heterocycles. The molecule has 2 rings (SSSR count). The molecule has 0 fully saturated rings. The Morgan fingerprint density at radius 2 is 2.21 bits per heavy atom. The quantitative estimate of drug-likeness (QED) is 0.689. The predicted octanol–water partition coefficient (Wildman–Crippen LogP) is 0.670. The van der Waals surface area contributed by atoms with Crippen molar-refractivity contribution in [3.63, 3.8) is 0 Å². The second-order valence-corrected chi connectivity index (χ2v) is 6.41. The van der Waals surface area contributed by atoms with E-state index in [1.807, 2.05) is 0 Å². The van der Waals surface area contributed by atoms with Crippen molar-refractivity contribution < 1.29 is 8.42 Å². The van der Waals surface area contributed by atoms with Crippen LogP contribution in [0.25, 0.3) is 0 Å². The molecule has 0 aliphatic carbocycles. The summed E-state index contributed by atoms with van der Waals surface area (Å²) >= 11 is 3.23. The van der Waals surface area contributed by atoms with Crippen LogP contribution in [0.1, 0.15) is 5.82 Å². The van der Waals surface area contributed by atoms with Crippen LogP contribution in [0.5, 0.6) is 0 Å². The number of aromatic nitrogens is 3. The van der Waals surface area contributed by atoms with Crippen molar-refractivity contribution in [3.05, 3.63) is 34.8 Å². The van der Waals surface area contributed by atoms with Gasteiger partial charge in [-0.1, -0.05) is 15.9 Å². The number of benzene rings is 1. The van der Waals surface area contributed by atoms with Gasteiger partial charge in [0.25, 0.3) is 0 Å². The summed E-state index contributed by atoms with van der Waals surface area (Å²) in [5.74, 6) is 0.617. The molecular weight excluding hydrogens is 334 g/mol. The molecule has 1 heterocycles. The molecule has 0 saturated heterocycles. The minimum absolute atomic E-state index is 0.0632. The fraction of sp³-hybridized carbons (Fsp3) is 0.200. The van der Waals surface area contributed by atoms with E-state index < -0.39 is 10.0 Å². The SMILES string of the molecule is Nc1cc(Br)ccc1S(=O)(=O)NCCc1ncn[nH]1. The Labute approximate surface area is 118 Å². The average Bonchev–Trinajstić information content (AvgIpc) is 2.81. The van der Waals surface area contributed by atoms with Crippen molar-refractivity contribution >= 4 is 31.6 Å². The summed E-state index contributed by atoms with van der Waals surface area (Å²) < 4.78 is 27.3. The van der Waals surface area contributed by atoms with Gasteiger partial charge in [0.2, 0.25) is 10.0 Å². The van der Waals surface area contributed by atoms with Crippen molar-refractivity contribution in [1.82, 2.24) is 19.9 Å². The third-order valence-electron chi connectivity index (χ3n) is 2.38. The first-order valence-electron chi connectivity index (χ1n) is 5.38. The number of nitrogens with zero attached hydrogens (tertiary/aromatic N) is 2. The Morgan fingerprint density at radius 1 is 1.42 bits per heavy atom. The molecule has 0 unspecified atom stereocenters. The molecule has 2 aromatic rings. The van der Waals surface area contributed by atoms with Crippen molar-refractivity contribution in [3.8, 4) is 0 Å². The van der Waals surface area contributed by atoms with Crippen molar-refractivity contribution in [2.24, 2.45) is 0 Å². The van der Waals surface area contributed by atoms with Crippen LogP contribution in [0.15, 0.2) is 33.9 Å². The maximum absolute atomic E-state index is 12.0. The minimum Gasteiger partial charge on any atom is -0.398 e. The average molecular weight is 346 g/mol. The van der Waals surface area contributed by atoms with Crippen LogP contribution in [-0.2, 0) is 16.4 Å². The van der Waals surface area contributed by atoms with Gasteiger partial charge >= 0.3 is 0 Å². The molecule has 0 bridgehead atoms. The molecule has 9 heteroatoms. The highest BCUT2D eigenvalue weighted by atomic mass is 79.9. The van der Waals surface area contributed by atoms with Crippen molar-refractivity contribution in [2.75, 3.05) is 12.3 Å². The first-order chi connectivity index (χ1) is 8.99. The monoisotopic (exact) mass is 345 g/mol. The van der Waals surface area contributed by atoms with E-state index in [0.717, 1.165) is 4.47 Å². The number of H-pyrrole nitrogens is 1. The normalized spacial score (nSPS) is 11.6. The van der Waals surface area contributed by atoms with Crippen LogP contribution in [-0.4, -0.2) is 30.1 Å². The summed E-state index contributed by atoms with van der Waals surface area (Å²) in [6, 6.07) is 4.63. The molecule has 0 atom stereocenters. The molecular formula is C10H12BrN5O2S. The molecule has 102 valence electrons. The summed E-state index contributed by atoms with van der Waals surface area (Å²) in [4.78, 5) is 3.97. The van der Waals surface area contributed by atoms with Gasteiger partial charge in [-0.25, -0.2) is 18.1 Å². The standard InChI is InChI=1S/C10H12BrN5O2S/c11-7-1-2-9(8(12)5-7)19(17,18)15-4-3-10-13-6-14-16-10/h1-2,5-6,15H,3-4,12H2,(H,13,14,16). The maximum Gasteiger partial charge on any atom is 0.242 e. The Kier molecular flexibility index (Phi) is 4.17. The topological polar surface area (TPSA) is 114 Å². The van der Waals surface area contributed by atoms with Crippen molar-refractivity contribution in [2.45, 2.75) is 11.3 Å². The second kappa shape index (κ2) is 5.68. The van der Waals surface area contributed by atoms with E-state index in [-0.39, 0.29) is 17.1 Å². The zero-order chi connectivity index (χ0) is 13.9. The lowest BCUT2D eigenvalue weighted by atomic mass is 10.3. The predicted molar refractivity (Wildman–Crippen MR) is 73.8 cm³/mol. The van der Waals surface area contributed by atoms with Gasteiger partial charge in [0, 0.05) is 17.4 Å². The lowest BCUT2D eigenvalue weighted by molar-refractivity contribution is 0.581. The van der Waals surface area contributed by atoms with E-state index >= 15 is 0 Å². The highest BCUT2D eigenvalue weighted by Gasteiger charge is 2.17. The molecule has 0 saturated carbocycles. The van der Waals surface area contributed by atoms with E-state index in [4.69, 9.17) is 5.73 Å². The fourth-order valence-corrected chi connectivity index (χ4v) is 3.02. The van der Waals surface area contributed by atoms with Gasteiger partial charge in [0.1, 0.15) is 17.0 Å². The number of rotatable bonds is 5. The first-order valence-corrected chi connectivity index (χ1v) is 7.65. The summed E-state index contributed by atoms with van der Waals surface area (Å²) in [5.41, 5.74) is 5.89. The van der Waals surface area contributed by atoms with Crippen LogP contribution in [0.2, 0.25) is 0 Å². The third-order valence-corrected chi connectivity index (χ3v) is 4.41. The molecule has 7 nitrogen and oxygen atoms in total. The number of nitrogens with two attached hydrogens (primary N) is 1. The van der Waals surface area contributed by atoms with Crippen LogP contribution < -0.4 is 10.5 Å². The van der Waals surface area contributed by atoms with Gasteiger partial charge in [-0.3, -0.25) is 5.10 Å². The van der Waals surface area contributed by atoms with Crippen LogP contribution >= 0.6 is 15.9 Å². The number of aromatic amines is 1. The Hall–Kier alpha value is -1.45. The zero-order valence-corrected chi connectivity index (χ0v) is 12.2. The maximum atomic E-state index is 12.0. The fourth-order valence-electron chi connectivity index (χ4n) is 1.50. The van der Waals surface area contributed by atoms with Crippen LogP contribution in [0.4, 0.5) is 5.69 Å². The van der Waals surface area contributed by atoms with E-state index in [2.05, 4.69) is 35.8 Å². The molecule has 0 spiro atoms. The van der Waals surface area contributed by atoms with E-state index in [0.29, 0.717) is 12.2 Å². The smallest absolute Gasteiger partial charge is 0.242 e. The van der Waals surface area contributed by atoms with Gasteiger partial charge in [0.05, 0.1) is 5.69 Å². The molecule has 19 heavy (non-hydrogen) atoms. The summed E-state index contributed by atoms with van der Waals surface area (Å²) in [6.45, 7) is 0.215. The summed E-state index contributed by atoms with van der Waals surface area (Å²) in [5, 5.41) is 6.34. The van der Waals surface area contributed by atoms with E-state index in [9.17, 15) is 8.42 Å². The molecule has 0 amide bonds. The van der Waals surface area contributed by atoms with Gasteiger partial charge in [0.15, 0.2) is 0 Å². The molecule has 0 aliphatic rings. The van der Waals surface area contributed by atoms with Gasteiger partial charge in [-0.05, 0) is 18.2 Å². The number of anilines is 1. The van der Waals surface area contributed by atoms with E-state index in [1.54, 1.807) is 12.1 Å². The minimum atomic E-state index is -3.62. The second-order valence-electron chi connectivity index (χ2n) is 3.76. The summed E-state index contributed by atoms with van der Waals surface area (Å²) in [7, 11) is -3.62. The molecule has 0 aliphatic heterocycles. The summed E-state index contributed by atoms with van der Waals surface area (Å²) in [6.07, 6.45) is 1.80. The van der Waals surface area contributed by atoms with Crippen LogP contribution in [0, 0.1) is 0 Å². The van der Waals surface area contributed by atoms with Crippen LogP contribution in [0.3, 0.4) is 0 Å². The van der Waals surface area contributed by atoms with Gasteiger partial charge in [-0.2, -0.15) is 5.10 Å². The zero-order valence-electron chi connectivity index (χ0n) is 9.80. The lowest BCUT2D eigenvalue weighted by Gasteiger charge is -2.08. The lowest BCUT2D eigenvalue weighted by Crippen LogP contribution is -2.27. The number of halogens is 1. The number of hydrogen-bond donors (Lipinski definition) is 3. The highest BCUT2D eigenvalue weighted by Crippen LogP contribution is 2.22. The van der Waals surface area contributed by atoms with Gasteiger partial charge in [-0.15, -0.1) is 0 Å². The van der Waals surface area contributed by atoms with Gasteiger partial charge < -0.3 is 5.73 Å². The molecule has 1 aromatic carbocycles. The highest BCUT2D eigenvalue weighted by molar-refractivity contribution is 9.10.